The van der Waals surface area contributed by atoms with Crippen molar-refractivity contribution in [3.05, 3.63) is 28.2 Å². The van der Waals surface area contributed by atoms with Crippen molar-refractivity contribution < 1.29 is 0 Å². The molecule has 0 unspecified atom stereocenters. The van der Waals surface area contributed by atoms with Crippen molar-refractivity contribution in [2.75, 3.05) is 11.9 Å². The van der Waals surface area contributed by atoms with Crippen LogP contribution in [0, 0.1) is 11.3 Å². The molecule has 1 aromatic rings. The van der Waals surface area contributed by atoms with E-state index in [0.29, 0.717) is 6.04 Å². The topological polar surface area (TPSA) is 27.0 Å². The summed E-state index contributed by atoms with van der Waals surface area (Å²) in [5.41, 5.74) is 1.81. The molecule has 1 aliphatic carbocycles. The third-order valence-corrected chi connectivity index (χ3v) is 4.08. The number of nitrogens with zero attached hydrogens (tertiary/aromatic N) is 2. The highest BCUT2D eigenvalue weighted by Crippen LogP contribution is 2.30. The number of rotatable bonds is 2. The fraction of sp³-hybridized carbons (Fsp3) is 0.500. The molecule has 1 saturated carbocycles. The molecule has 0 aromatic heterocycles. The van der Waals surface area contributed by atoms with Gasteiger partial charge in [0.25, 0.3) is 0 Å². The molecule has 3 heteroatoms. The summed E-state index contributed by atoms with van der Waals surface area (Å²) in [7, 11) is 2.11. The second kappa shape index (κ2) is 5.55. The van der Waals surface area contributed by atoms with Crippen LogP contribution in [-0.4, -0.2) is 13.1 Å². The van der Waals surface area contributed by atoms with Crippen molar-refractivity contribution in [1.29, 1.82) is 5.26 Å². The van der Waals surface area contributed by atoms with Gasteiger partial charge in [-0.25, -0.2) is 0 Å². The van der Waals surface area contributed by atoms with E-state index in [0.717, 1.165) is 15.7 Å². The van der Waals surface area contributed by atoms with Gasteiger partial charge in [0.05, 0.1) is 11.3 Å². The molecule has 17 heavy (non-hydrogen) atoms. The first kappa shape index (κ1) is 12.4. The SMILES string of the molecule is CN(c1cc(Br)ccc1C#N)C1CCCCC1. The molecule has 0 amide bonds. The molecule has 1 aromatic carbocycles. The number of nitriles is 1. The molecule has 1 aliphatic rings. The van der Waals surface area contributed by atoms with Gasteiger partial charge in [0.1, 0.15) is 6.07 Å². The molecule has 0 aliphatic heterocycles. The predicted octanol–water partition coefficient (Wildman–Crippen LogP) is 4.09. The van der Waals surface area contributed by atoms with Crippen LogP contribution < -0.4 is 4.90 Å². The van der Waals surface area contributed by atoms with Gasteiger partial charge in [0.15, 0.2) is 0 Å². The molecule has 1 fully saturated rings. The second-order valence-corrected chi connectivity index (χ2v) is 5.59. The van der Waals surface area contributed by atoms with Crippen LogP contribution in [0.3, 0.4) is 0 Å². The number of benzene rings is 1. The highest BCUT2D eigenvalue weighted by Gasteiger charge is 2.20. The van der Waals surface area contributed by atoms with E-state index in [1.165, 1.54) is 32.1 Å². The first-order valence-corrected chi connectivity index (χ1v) is 6.94. The summed E-state index contributed by atoms with van der Waals surface area (Å²) >= 11 is 3.48. The first-order valence-electron chi connectivity index (χ1n) is 6.15. The maximum Gasteiger partial charge on any atom is 0.101 e. The lowest BCUT2D eigenvalue weighted by Crippen LogP contribution is -2.33. The summed E-state index contributed by atoms with van der Waals surface area (Å²) in [5, 5.41) is 9.16. The average molecular weight is 293 g/mol. The molecule has 0 bridgehead atoms. The fourth-order valence-corrected chi connectivity index (χ4v) is 2.91. The zero-order chi connectivity index (χ0) is 12.3. The third-order valence-electron chi connectivity index (χ3n) is 3.58. The molecule has 2 rings (SSSR count). The summed E-state index contributed by atoms with van der Waals surface area (Å²) in [6, 6.07) is 8.73. The van der Waals surface area contributed by atoms with Crippen LogP contribution in [0.4, 0.5) is 5.69 Å². The summed E-state index contributed by atoms with van der Waals surface area (Å²) in [6.07, 6.45) is 6.46. The van der Waals surface area contributed by atoms with Crippen LogP contribution in [0.5, 0.6) is 0 Å². The van der Waals surface area contributed by atoms with Crippen LogP contribution in [-0.2, 0) is 0 Å². The smallest absolute Gasteiger partial charge is 0.101 e. The Bertz CT molecular complexity index is 430. The maximum absolute atomic E-state index is 9.16. The quantitative estimate of drug-likeness (QED) is 0.821. The minimum Gasteiger partial charge on any atom is -0.371 e. The molecule has 0 saturated heterocycles. The van der Waals surface area contributed by atoms with Gasteiger partial charge in [-0.1, -0.05) is 35.2 Å². The van der Waals surface area contributed by atoms with Crippen molar-refractivity contribution in [2.45, 2.75) is 38.1 Å². The van der Waals surface area contributed by atoms with Crippen molar-refractivity contribution in [1.82, 2.24) is 0 Å². The van der Waals surface area contributed by atoms with E-state index in [1.807, 2.05) is 18.2 Å². The van der Waals surface area contributed by atoms with Crippen LogP contribution in [0.1, 0.15) is 37.7 Å². The molecule has 0 spiro atoms. The molecule has 90 valence electrons. The Hall–Kier alpha value is -1.01. The molecule has 0 N–H and O–H groups in total. The molecule has 0 heterocycles. The predicted molar refractivity (Wildman–Crippen MR) is 74.1 cm³/mol. The van der Waals surface area contributed by atoms with Crippen LogP contribution in [0.25, 0.3) is 0 Å². The summed E-state index contributed by atoms with van der Waals surface area (Å²) in [4.78, 5) is 2.28. The van der Waals surface area contributed by atoms with E-state index in [9.17, 15) is 0 Å². The van der Waals surface area contributed by atoms with Gasteiger partial charge in [0, 0.05) is 17.6 Å². The molecular weight excluding hydrogens is 276 g/mol. The summed E-state index contributed by atoms with van der Waals surface area (Å²) < 4.78 is 1.04. The molecule has 0 radical (unpaired) electrons. The van der Waals surface area contributed by atoms with Gasteiger partial charge in [-0.05, 0) is 31.0 Å². The highest BCUT2D eigenvalue weighted by molar-refractivity contribution is 9.10. The molecular formula is C14H17BrN2. The fourth-order valence-electron chi connectivity index (χ4n) is 2.56. The lowest BCUT2D eigenvalue weighted by Gasteiger charge is -2.33. The van der Waals surface area contributed by atoms with E-state index in [-0.39, 0.29) is 0 Å². The Balaban J connectivity index is 2.25. The third kappa shape index (κ3) is 2.81. The Morgan fingerprint density at radius 3 is 2.65 bits per heavy atom. The van der Waals surface area contributed by atoms with Crippen LogP contribution >= 0.6 is 15.9 Å². The largest absolute Gasteiger partial charge is 0.371 e. The van der Waals surface area contributed by atoms with Crippen molar-refractivity contribution >= 4 is 21.6 Å². The van der Waals surface area contributed by atoms with Crippen LogP contribution in [0.2, 0.25) is 0 Å². The van der Waals surface area contributed by atoms with Crippen LogP contribution in [0.15, 0.2) is 22.7 Å². The van der Waals surface area contributed by atoms with Gasteiger partial charge in [-0.15, -0.1) is 0 Å². The van der Waals surface area contributed by atoms with Gasteiger partial charge in [-0.3, -0.25) is 0 Å². The van der Waals surface area contributed by atoms with E-state index in [4.69, 9.17) is 5.26 Å². The Morgan fingerprint density at radius 1 is 1.29 bits per heavy atom. The Kier molecular flexibility index (Phi) is 4.06. The average Bonchev–Trinajstić information content (AvgIpc) is 2.39. The van der Waals surface area contributed by atoms with Gasteiger partial charge in [0.2, 0.25) is 0 Å². The number of anilines is 1. The van der Waals surface area contributed by atoms with Gasteiger partial charge < -0.3 is 4.90 Å². The molecule has 2 nitrogen and oxygen atoms in total. The van der Waals surface area contributed by atoms with Crippen molar-refractivity contribution in [3.8, 4) is 6.07 Å². The van der Waals surface area contributed by atoms with Crippen molar-refractivity contribution in [3.63, 3.8) is 0 Å². The van der Waals surface area contributed by atoms with Crippen molar-refractivity contribution in [2.24, 2.45) is 0 Å². The maximum atomic E-state index is 9.16. The first-order chi connectivity index (χ1) is 8.22. The number of hydrogen-bond donors (Lipinski definition) is 0. The van der Waals surface area contributed by atoms with E-state index in [1.54, 1.807) is 0 Å². The standard InChI is InChI=1S/C14H17BrN2/c1-17(13-5-3-2-4-6-13)14-9-12(15)8-7-11(14)10-16/h7-9,13H,2-6H2,1H3. The van der Waals surface area contributed by atoms with Gasteiger partial charge >= 0.3 is 0 Å². The molecule has 0 atom stereocenters. The lowest BCUT2D eigenvalue weighted by atomic mass is 9.94. The second-order valence-electron chi connectivity index (χ2n) is 4.68. The highest BCUT2D eigenvalue weighted by atomic mass is 79.9. The summed E-state index contributed by atoms with van der Waals surface area (Å²) in [6.45, 7) is 0. The zero-order valence-electron chi connectivity index (χ0n) is 10.1. The normalized spacial score (nSPS) is 16.5. The minimum atomic E-state index is 0.588. The Labute approximate surface area is 111 Å². The van der Waals surface area contributed by atoms with E-state index < -0.39 is 0 Å². The lowest BCUT2D eigenvalue weighted by molar-refractivity contribution is 0.427. The summed E-state index contributed by atoms with van der Waals surface area (Å²) in [5.74, 6) is 0. The van der Waals surface area contributed by atoms with Gasteiger partial charge in [-0.2, -0.15) is 5.26 Å². The monoisotopic (exact) mass is 292 g/mol. The van der Waals surface area contributed by atoms with E-state index >= 15 is 0 Å². The number of hydrogen-bond acceptors (Lipinski definition) is 2. The Morgan fingerprint density at radius 2 is 2.00 bits per heavy atom. The zero-order valence-corrected chi connectivity index (χ0v) is 11.7. The van der Waals surface area contributed by atoms with E-state index in [2.05, 4.69) is 33.9 Å². The number of halogens is 1. The minimum absolute atomic E-state index is 0.588.